The van der Waals surface area contributed by atoms with E-state index < -0.39 is 0 Å². The molecule has 2 nitrogen and oxygen atoms in total. The fraction of sp³-hybridized carbons (Fsp3) is 0.125. The highest BCUT2D eigenvalue weighted by atomic mass is 79.9. The van der Waals surface area contributed by atoms with Crippen LogP contribution in [0.2, 0.25) is 0 Å². The van der Waals surface area contributed by atoms with E-state index in [0.717, 1.165) is 20.4 Å². The Balaban J connectivity index is 2.95. The van der Waals surface area contributed by atoms with Crippen molar-refractivity contribution in [3.8, 4) is 0 Å². The van der Waals surface area contributed by atoms with Gasteiger partial charge in [-0.1, -0.05) is 0 Å². The number of aromatic nitrogens is 2. The van der Waals surface area contributed by atoms with Crippen molar-refractivity contribution in [3.63, 3.8) is 0 Å². The normalized spacial score (nSPS) is 10.9. The molecule has 0 bridgehead atoms. The first-order valence-corrected chi connectivity index (χ1v) is 5.07. The van der Waals surface area contributed by atoms with Crippen LogP contribution in [0.1, 0.15) is 5.69 Å². The van der Waals surface area contributed by atoms with Crippen LogP contribution in [0.25, 0.3) is 5.65 Å². The molecule has 2 aromatic rings. The Hall–Kier alpha value is -0.350. The molecule has 0 saturated carbocycles. The van der Waals surface area contributed by atoms with Gasteiger partial charge in [0, 0.05) is 6.20 Å². The van der Waals surface area contributed by atoms with Gasteiger partial charge in [0.15, 0.2) is 5.65 Å². The summed E-state index contributed by atoms with van der Waals surface area (Å²) in [7, 11) is 0. The third-order valence-corrected chi connectivity index (χ3v) is 3.28. The van der Waals surface area contributed by atoms with E-state index in [1.54, 1.807) is 0 Å². The molecule has 2 heterocycles. The zero-order valence-electron chi connectivity index (χ0n) is 6.38. The van der Waals surface area contributed by atoms with Gasteiger partial charge in [-0.15, -0.1) is 0 Å². The Morgan fingerprint density at radius 3 is 2.83 bits per heavy atom. The quantitative estimate of drug-likeness (QED) is 0.728. The van der Waals surface area contributed by atoms with Gasteiger partial charge in [-0.25, -0.2) is 4.98 Å². The standard InChI is InChI=1S/C8H6Br2N2/c1-5-7(10)12-4-2-3-6(9)8(12)11-5/h2-4H,1H3. The van der Waals surface area contributed by atoms with Gasteiger partial charge in [-0.3, -0.25) is 4.40 Å². The predicted octanol–water partition coefficient (Wildman–Crippen LogP) is 3.17. The number of hydrogen-bond acceptors (Lipinski definition) is 1. The maximum Gasteiger partial charge on any atom is 0.152 e. The summed E-state index contributed by atoms with van der Waals surface area (Å²) in [5.41, 5.74) is 1.95. The van der Waals surface area contributed by atoms with E-state index in [0.29, 0.717) is 0 Å². The molecule has 0 unspecified atom stereocenters. The van der Waals surface area contributed by atoms with Crippen LogP contribution in [0.15, 0.2) is 27.4 Å². The Labute approximate surface area is 86.9 Å². The second-order valence-electron chi connectivity index (χ2n) is 2.54. The van der Waals surface area contributed by atoms with E-state index in [9.17, 15) is 0 Å². The third kappa shape index (κ3) is 1.10. The van der Waals surface area contributed by atoms with Crippen LogP contribution in [0.5, 0.6) is 0 Å². The molecule has 0 aliphatic heterocycles. The lowest BCUT2D eigenvalue weighted by molar-refractivity contribution is 1.14. The molecule has 0 saturated heterocycles. The second kappa shape index (κ2) is 2.85. The molecular formula is C8H6Br2N2. The first kappa shape index (κ1) is 8.26. The average Bonchev–Trinajstić information content (AvgIpc) is 2.32. The van der Waals surface area contributed by atoms with Gasteiger partial charge in [0.1, 0.15) is 4.60 Å². The van der Waals surface area contributed by atoms with Crippen molar-refractivity contribution in [3.05, 3.63) is 33.1 Å². The van der Waals surface area contributed by atoms with Gasteiger partial charge >= 0.3 is 0 Å². The Bertz CT molecular complexity index is 434. The fourth-order valence-corrected chi connectivity index (χ4v) is 1.93. The van der Waals surface area contributed by atoms with Crippen molar-refractivity contribution in [2.24, 2.45) is 0 Å². The third-order valence-electron chi connectivity index (χ3n) is 1.70. The highest BCUT2D eigenvalue weighted by Crippen LogP contribution is 2.23. The van der Waals surface area contributed by atoms with Crippen LogP contribution >= 0.6 is 31.9 Å². The summed E-state index contributed by atoms with van der Waals surface area (Å²) in [6.45, 7) is 1.98. The monoisotopic (exact) mass is 288 g/mol. The van der Waals surface area contributed by atoms with Crippen LogP contribution in [-0.2, 0) is 0 Å². The summed E-state index contributed by atoms with van der Waals surface area (Å²) in [6, 6.07) is 3.96. The number of hydrogen-bond donors (Lipinski definition) is 0. The molecule has 2 rings (SSSR count). The van der Waals surface area contributed by atoms with Crippen molar-refractivity contribution in [2.75, 3.05) is 0 Å². The Morgan fingerprint density at radius 2 is 2.17 bits per heavy atom. The largest absolute Gasteiger partial charge is 0.293 e. The minimum absolute atomic E-state index is 0.946. The van der Waals surface area contributed by atoms with E-state index >= 15 is 0 Å². The molecule has 0 radical (unpaired) electrons. The van der Waals surface area contributed by atoms with E-state index in [2.05, 4.69) is 36.8 Å². The molecule has 2 aromatic heterocycles. The number of imidazole rings is 1. The van der Waals surface area contributed by atoms with E-state index in [1.165, 1.54) is 0 Å². The maximum absolute atomic E-state index is 4.38. The zero-order valence-corrected chi connectivity index (χ0v) is 9.55. The molecule has 0 aliphatic carbocycles. The Kier molecular flexibility index (Phi) is 1.96. The van der Waals surface area contributed by atoms with Gasteiger partial charge < -0.3 is 0 Å². The topological polar surface area (TPSA) is 17.3 Å². The van der Waals surface area contributed by atoms with E-state index in [4.69, 9.17) is 0 Å². The molecule has 4 heteroatoms. The number of pyridine rings is 1. The molecule has 0 fully saturated rings. The lowest BCUT2D eigenvalue weighted by Gasteiger charge is -1.95. The molecule has 12 heavy (non-hydrogen) atoms. The van der Waals surface area contributed by atoms with Gasteiger partial charge in [-0.05, 0) is 50.9 Å². The molecule has 0 amide bonds. The van der Waals surface area contributed by atoms with Crippen molar-refractivity contribution in [1.82, 2.24) is 9.38 Å². The Morgan fingerprint density at radius 1 is 1.42 bits per heavy atom. The molecule has 0 aromatic carbocycles. The second-order valence-corrected chi connectivity index (χ2v) is 4.14. The highest BCUT2D eigenvalue weighted by molar-refractivity contribution is 9.11. The minimum atomic E-state index is 0.946. The SMILES string of the molecule is Cc1nc2c(Br)cccn2c1Br. The van der Waals surface area contributed by atoms with Crippen molar-refractivity contribution in [2.45, 2.75) is 6.92 Å². The number of rotatable bonds is 0. The minimum Gasteiger partial charge on any atom is -0.293 e. The fourth-order valence-electron chi connectivity index (χ4n) is 1.12. The molecule has 0 spiro atoms. The molecular weight excluding hydrogens is 284 g/mol. The van der Waals surface area contributed by atoms with Crippen molar-refractivity contribution in [1.29, 1.82) is 0 Å². The predicted molar refractivity (Wildman–Crippen MR) is 55.3 cm³/mol. The van der Waals surface area contributed by atoms with Crippen LogP contribution in [0.3, 0.4) is 0 Å². The van der Waals surface area contributed by atoms with Gasteiger partial charge in [0.05, 0.1) is 10.2 Å². The van der Waals surface area contributed by atoms with Crippen LogP contribution in [0, 0.1) is 6.92 Å². The van der Waals surface area contributed by atoms with Crippen LogP contribution in [0.4, 0.5) is 0 Å². The zero-order chi connectivity index (χ0) is 8.72. The number of nitrogens with zero attached hydrogens (tertiary/aromatic N) is 2. The molecule has 0 aliphatic rings. The first-order valence-electron chi connectivity index (χ1n) is 3.49. The summed E-state index contributed by atoms with van der Waals surface area (Å²) >= 11 is 6.90. The summed E-state index contributed by atoms with van der Waals surface area (Å²) in [4.78, 5) is 4.38. The maximum atomic E-state index is 4.38. The first-order chi connectivity index (χ1) is 5.70. The van der Waals surface area contributed by atoms with Gasteiger partial charge in [0.25, 0.3) is 0 Å². The number of halogens is 2. The highest BCUT2D eigenvalue weighted by Gasteiger charge is 2.06. The summed E-state index contributed by atoms with van der Waals surface area (Å²) in [5, 5.41) is 0. The molecule has 62 valence electrons. The average molecular weight is 290 g/mol. The summed E-state index contributed by atoms with van der Waals surface area (Å²) in [5.74, 6) is 0. The van der Waals surface area contributed by atoms with Crippen molar-refractivity contribution >= 4 is 37.5 Å². The van der Waals surface area contributed by atoms with Crippen LogP contribution in [-0.4, -0.2) is 9.38 Å². The molecule has 0 atom stereocenters. The summed E-state index contributed by atoms with van der Waals surface area (Å²) < 4.78 is 4.02. The van der Waals surface area contributed by atoms with Gasteiger partial charge in [0.2, 0.25) is 0 Å². The molecule has 0 N–H and O–H groups in total. The smallest absolute Gasteiger partial charge is 0.152 e. The van der Waals surface area contributed by atoms with E-state index in [-0.39, 0.29) is 0 Å². The lowest BCUT2D eigenvalue weighted by atomic mass is 10.5. The number of fused-ring (bicyclic) bond motifs is 1. The van der Waals surface area contributed by atoms with Crippen molar-refractivity contribution < 1.29 is 0 Å². The van der Waals surface area contributed by atoms with E-state index in [1.807, 2.05) is 29.7 Å². The van der Waals surface area contributed by atoms with Gasteiger partial charge in [-0.2, -0.15) is 0 Å². The lowest BCUT2D eigenvalue weighted by Crippen LogP contribution is -1.83. The number of aryl methyl sites for hydroxylation is 1. The summed E-state index contributed by atoms with van der Waals surface area (Å²) in [6.07, 6.45) is 1.98. The van der Waals surface area contributed by atoms with Crippen LogP contribution < -0.4 is 0 Å².